The van der Waals surface area contributed by atoms with Crippen LogP contribution in [-0.4, -0.2) is 23.3 Å². The number of nitrogens with zero attached hydrogens (tertiary/aromatic N) is 2. The molecule has 1 aliphatic rings. The fourth-order valence-corrected chi connectivity index (χ4v) is 3.84. The molecule has 0 radical (unpaired) electrons. The van der Waals surface area contributed by atoms with Gasteiger partial charge in [-0.15, -0.1) is 0 Å². The number of halogens is 2. The fraction of sp³-hybridized carbons (Fsp3) is 0.167. The van der Waals surface area contributed by atoms with Gasteiger partial charge in [0.1, 0.15) is 11.6 Å². The van der Waals surface area contributed by atoms with Crippen LogP contribution in [0.4, 0.5) is 19.6 Å². The summed E-state index contributed by atoms with van der Waals surface area (Å²) in [6.45, 7) is 0.102. The molecular weight excluding hydrogens is 360 g/mol. The molecule has 8 heteroatoms. The van der Waals surface area contributed by atoms with Crippen molar-refractivity contribution in [3.8, 4) is 0 Å². The lowest BCUT2D eigenvalue weighted by Gasteiger charge is -2.17. The molecule has 0 spiro atoms. The van der Waals surface area contributed by atoms with Gasteiger partial charge in [-0.05, 0) is 30.3 Å². The highest BCUT2D eigenvalue weighted by Gasteiger charge is 2.36. The van der Waals surface area contributed by atoms with Crippen molar-refractivity contribution in [1.82, 2.24) is 4.98 Å². The lowest BCUT2D eigenvalue weighted by atomic mass is 10.1. The molecule has 1 N–H and O–H groups in total. The lowest BCUT2D eigenvalue weighted by molar-refractivity contribution is -0.122. The highest BCUT2D eigenvalue weighted by atomic mass is 32.1. The van der Waals surface area contributed by atoms with Crippen molar-refractivity contribution in [2.45, 2.75) is 6.42 Å². The van der Waals surface area contributed by atoms with E-state index >= 15 is 0 Å². The minimum atomic E-state index is -0.606. The summed E-state index contributed by atoms with van der Waals surface area (Å²) in [7, 11) is 0. The Bertz CT molecular complexity index is 1020. The molecule has 2 heterocycles. The molecule has 1 atom stereocenters. The van der Waals surface area contributed by atoms with Crippen LogP contribution in [0.5, 0.6) is 0 Å². The number of carbonyl (C=O) groups excluding carboxylic acids is 2. The zero-order valence-electron chi connectivity index (χ0n) is 13.4. The van der Waals surface area contributed by atoms with Gasteiger partial charge in [0.25, 0.3) is 0 Å². The van der Waals surface area contributed by atoms with Crippen molar-refractivity contribution < 1.29 is 18.4 Å². The van der Waals surface area contributed by atoms with Crippen LogP contribution in [0.25, 0.3) is 10.2 Å². The van der Waals surface area contributed by atoms with Gasteiger partial charge < -0.3 is 10.2 Å². The number of aromatic nitrogens is 1. The van der Waals surface area contributed by atoms with Gasteiger partial charge in [-0.25, -0.2) is 13.8 Å². The summed E-state index contributed by atoms with van der Waals surface area (Å²) in [5.74, 6) is -2.15. The minimum Gasteiger partial charge on any atom is -0.309 e. The van der Waals surface area contributed by atoms with Crippen molar-refractivity contribution in [3.63, 3.8) is 0 Å². The molecule has 4 rings (SSSR count). The Kier molecular flexibility index (Phi) is 4.12. The predicted molar refractivity (Wildman–Crippen MR) is 95.1 cm³/mol. The topological polar surface area (TPSA) is 62.3 Å². The Morgan fingerprint density at radius 2 is 2.04 bits per heavy atom. The molecule has 0 aliphatic carbocycles. The molecule has 1 unspecified atom stereocenters. The number of anilines is 2. The summed E-state index contributed by atoms with van der Waals surface area (Å²) in [5.41, 5.74) is 0.755. The normalized spacial score (nSPS) is 17.1. The van der Waals surface area contributed by atoms with Crippen LogP contribution in [0.2, 0.25) is 0 Å². The first-order chi connectivity index (χ1) is 12.5. The van der Waals surface area contributed by atoms with E-state index in [0.29, 0.717) is 15.3 Å². The minimum absolute atomic E-state index is 0.000307. The number of thiazole rings is 1. The number of benzene rings is 2. The Balaban J connectivity index is 1.50. The molecule has 3 aromatic rings. The quantitative estimate of drug-likeness (QED) is 0.764. The average molecular weight is 373 g/mol. The molecular formula is C18H13F2N3O2S. The number of amides is 2. The summed E-state index contributed by atoms with van der Waals surface area (Å²) >= 11 is 1.16. The molecule has 26 heavy (non-hydrogen) atoms. The van der Waals surface area contributed by atoms with Gasteiger partial charge in [-0.3, -0.25) is 9.59 Å². The van der Waals surface area contributed by atoms with Gasteiger partial charge in [-0.1, -0.05) is 23.5 Å². The van der Waals surface area contributed by atoms with Crippen LogP contribution in [0, 0.1) is 17.6 Å². The Labute approximate surface area is 151 Å². The Morgan fingerprint density at radius 1 is 1.23 bits per heavy atom. The van der Waals surface area contributed by atoms with E-state index in [0.717, 1.165) is 11.3 Å². The third-order valence-corrected chi connectivity index (χ3v) is 5.15. The molecule has 1 aromatic heterocycles. The first-order valence-electron chi connectivity index (χ1n) is 7.93. The molecule has 1 saturated heterocycles. The fourth-order valence-electron chi connectivity index (χ4n) is 2.95. The Hall–Kier alpha value is -2.87. The number of para-hydroxylation sites is 1. The zero-order valence-corrected chi connectivity index (χ0v) is 14.2. The first kappa shape index (κ1) is 16.6. The van der Waals surface area contributed by atoms with Gasteiger partial charge in [0, 0.05) is 13.0 Å². The van der Waals surface area contributed by atoms with Crippen molar-refractivity contribution in [2.75, 3.05) is 16.8 Å². The molecule has 1 aliphatic heterocycles. The van der Waals surface area contributed by atoms with E-state index in [2.05, 4.69) is 10.3 Å². The van der Waals surface area contributed by atoms with Gasteiger partial charge in [0.15, 0.2) is 5.13 Å². The van der Waals surface area contributed by atoms with E-state index in [4.69, 9.17) is 0 Å². The molecule has 2 aromatic carbocycles. The maximum atomic E-state index is 13.9. The molecule has 132 valence electrons. The average Bonchev–Trinajstić information content (AvgIpc) is 3.18. The first-order valence-corrected chi connectivity index (χ1v) is 8.75. The van der Waals surface area contributed by atoms with Crippen LogP contribution in [0.3, 0.4) is 0 Å². The number of hydrogen-bond acceptors (Lipinski definition) is 4. The molecule has 2 amide bonds. The molecule has 5 nitrogen and oxygen atoms in total. The largest absolute Gasteiger partial charge is 0.309 e. The van der Waals surface area contributed by atoms with Crippen molar-refractivity contribution >= 4 is 44.2 Å². The van der Waals surface area contributed by atoms with Crippen LogP contribution in [0.15, 0.2) is 42.5 Å². The smallest absolute Gasteiger partial charge is 0.231 e. The number of carbonyl (C=O) groups is 2. The SMILES string of the molecule is O=C(Nc1nc2ccc(F)cc2s1)C1CC(=O)N(c2ccccc2F)C1. The van der Waals surface area contributed by atoms with E-state index in [-0.39, 0.29) is 36.3 Å². The van der Waals surface area contributed by atoms with E-state index in [1.807, 2.05) is 0 Å². The van der Waals surface area contributed by atoms with Crippen LogP contribution in [-0.2, 0) is 9.59 Å². The van der Waals surface area contributed by atoms with Crippen molar-refractivity contribution in [2.24, 2.45) is 5.92 Å². The maximum absolute atomic E-state index is 13.9. The second-order valence-corrected chi connectivity index (χ2v) is 7.01. The van der Waals surface area contributed by atoms with E-state index in [9.17, 15) is 18.4 Å². The van der Waals surface area contributed by atoms with Gasteiger partial charge in [-0.2, -0.15) is 0 Å². The second-order valence-electron chi connectivity index (χ2n) is 5.98. The number of rotatable bonds is 3. The van der Waals surface area contributed by atoms with Gasteiger partial charge in [0.05, 0.1) is 21.8 Å². The van der Waals surface area contributed by atoms with Crippen LogP contribution < -0.4 is 10.2 Å². The summed E-state index contributed by atoms with van der Waals surface area (Å²) in [6, 6.07) is 10.2. The molecule has 0 bridgehead atoms. The van der Waals surface area contributed by atoms with Crippen molar-refractivity contribution in [3.05, 3.63) is 54.1 Å². The number of fused-ring (bicyclic) bond motifs is 1. The highest BCUT2D eigenvalue weighted by Crippen LogP contribution is 2.30. The third-order valence-electron chi connectivity index (χ3n) is 4.22. The maximum Gasteiger partial charge on any atom is 0.231 e. The van der Waals surface area contributed by atoms with Crippen LogP contribution in [0.1, 0.15) is 6.42 Å². The summed E-state index contributed by atoms with van der Waals surface area (Å²) in [4.78, 5) is 30.2. The van der Waals surface area contributed by atoms with Crippen LogP contribution >= 0.6 is 11.3 Å². The van der Waals surface area contributed by atoms with E-state index < -0.39 is 11.7 Å². The third kappa shape index (κ3) is 3.03. The lowest BCUT2D eigenvalue weighted by Crippen LogP contribution is -2.28. The standard InChI is InChI=1S/C18H13F2N3O2S/c19-11-5-6-13-15(8-11)26-18(21-13)22-17(25)10-7-16(24)23(9-10)14-4-2-1-3-12(14)20/h1-6,8,10H,7,9H2,(H,21,22,25). The second kappa shape index (κ2) is 6.45. The van der Waals surface area contributed by atoms with Gasteiger partial charge >= 0.3 is 0 Å². The van der Waals surface area contributed by atoms with E-state index in [1.165, 1.54) is 35.2 Å². The predicted octanol–water partition coefficient (Wildman–Crippen LogP) is 3.57. The van der Waals surface area contributed by atoms with Gasteiger partial charge in [0.2, 0.25) is 11.8 Å². The number of nitrogens with one attached hydrogen (secondary N) is 1. The van der Waals surface area contributed by atoms with E-state index in [1.54, 1.807) is 12.1 Å². The Morgan fingerprint density at radius 3 is 2.85 bits per heavy atom. The highest BCUT2D eigenvalue weighted by molar-refractivity contribution is 7.22. The van der Waals surface area contributed by atoms with Crippen molar-refractivity contribution in [1.29, 1.82) is 0 Å². The summed E-state index contributed by atoms with van der Waals surface area (Å²) < 4.78 is 27.8. The number of hydrogen-bond donors (Lipinski definition) is 1. The zero-order chi connectivity index (χ0) is 18.3. The molecule has 0 saturated carbocycles. The molecule has 1 fully saturated rings. The monoisotopic (exact) mass is 373 g/mol. The summed E-state index contributed by atoms with van der Waals surface area (Å²) in [5, 5.41) is 3.01. The summed E-state index contributed by atoms with van der Waals surface area (Å²) in [6.07, 6.45) is -0.000307.